The maximum Gasteiger partial charge on any atom is 0.165 e. The number of halogens is 1. The van der Waals surface area contributed by atoms with E-state index >= 15 is 0 Å². The summed E-state index contributed by atoms with van der Waals surface area (Å²) in [6.45, 7) is 2.80. The monoisotopic (exact) mass is 243 g/mol. The number of nitrogens with one attached hydrogen (secondary N) is 1. The van der Waals surface area contributed by atoms with E-state index in [2.05, 4.69) is 18.5 Å². The van der Waals surface area contributed by atoms with Gasteiger partial charge in [-0.2, -0.15) is 11.8 Å². The maximum atomic E-state index is 13.4. The van der Waals surface area contributed by atoms with Crippen LogP contribution in [0.1, 0.15) is 12.5 Å². The summed E-state index contributed by atoms with van der Waals surface area (Å²) in [4.78, 5) is 0. The summed E-state index contributed by atoms with van der Waals surface area (Å²) in [6.07, 6.45) is 2.07. The number of benzene rings is 1. The van der Waals surface area contributed by atoms with E-state index in [1.54, 1.807) is 17.8 Å². The van der Waals surface area contributed by atoms with E-state index < -0.39 is 0 Å². The van der Waals surface area contributed by atoms with Crippen LogP contribution in [0, 0.1) is 5.82 Å². The Morgan fingerprint density at radius 2 is 2.25 bits per heavy atom. The first-order chi connectivity index (χ1) is 7.67. The Balaban J connectivity index is 2.51. The molecular weight excluding hydrogens is 225 g/mol. The SMILES string of the molecule is COc1ccc(CNC(C)CSC)cc1F. The van der Waals surface area contributed by atoms with E-state index in [1.807, 2.05) is 6.07 Å². The predicted octanol–water partition coefficient (Wildman–Crippen LogP) is 2.68. The Kier molecular flexibility index (Phi) is 5.63. The second-order valence-corrected chi connectivity index (χ2v) is 4.62. The van der Waals surface area contributed by atoms with Crippen molar-refractivity contribution in [3.05, 3.63) is 29.6 Å². The van der Waals surface area contributed by atoms with Gasteiger partial charge >= 0.3 is 0 Å². The molecule has 0 bridgehead atoms. The standard InChI is InChI=1S/C12H18FNOS/c1-9(8-16-3)14-7-10-4-5-12(15-2)11(13)6-10/h4-6,9,14H,7-8H2,1-3H3. The number of hydrogen-bond donors (Lipinski definition) is 1. The Bertz CT molecular complexity index is 333. The zero-order chi connectivity index (χ0) is 12.0. The van der Waals surface area contributed by atoms with Crippen LogP contribution in [-0.2, 0) is 6.54 Å². The normalized spacial score (nSPS) is 12.5. The molecule has 0 radical (unpaired) electrons. The Morgan fingerprint density at radius 3 is 2.81 bits per heavy atom. The van der Waals surface area contributed by atoms with Crippen molar-refractivity contribution in [1.82, 2.24) is 5.32 Å². The van der Waals surface area contributed by atoms with Gasteiger partial charge in [-0.1, -0.05) is 6.07 Å². The molecular formula is C12H18FNOS. The zero-order valence-electron chi connectivity index (χ0n) is 9.92. The molecule has 2 nitrogen and oxygen atoms in total. The van der Waals surface area contributed by atoms with Crippen molar-refractivity contribution >= 4 is 11.8 Å². The predicted molar refractivity (Wildman–Crippen MR) is 67.6 cm³/mol. The summed E-state index contributed by atoms with van der Waals surface area (Å²) in [5.41, 5.74) is 0.936. The van der Waals surface area contributed by atoms with Crippen LogP contribution in [0.3, 0.4) is 0 Å². The molecule has 1 rings (SSSR count). The fourth-order valence-electron chi connectivity index (χ4n) is 1.42. The van der Waals surface area contributed by atoms with Crippen LogP contribution in [-0.4, -0.2) is 25.2 Å². The minimum absolute atomic E-state index is 0.293. The highest BCUT2D eigenvalue weighted by molar-refractivity contribution is 7.98. The lowest BCUT2D eigenvalue weighted by Gasteiger charge is -2.12. The van der Waals surface area contributed by atoms with Crippen molar-refractivity contribution in [3.8, 4) is 5.75 Å². The highest BCUT2D eigenvalue weighted by Gasteiger charge is 2.04. The fraction of sp³-hybridized carbons (Fsp3) is 0.500. The van der Waals surface area contributed by atoms with Crippen LogP contribution in [0.2, 0.25) is 0 Å². The molecule has 0 aliphatic heterocycles. The third-order valence-corrected chi connectivity index (χ3v) is 3.12. The second kappa shape index (κ2) is 6.76. The van der Waals surface area contributed by atoms with Crippen molar-refractivity contribution in [1.29, 1.82) is 0 Å². The molecule has 1 unspecified atom stereocenters. The number of ether oxygens (including phenoxy) is 1. The van der Waals surface area contributed by atoms with Crippen LogP contribution >= 0.6 is 11.8 Å². The molecule has 0 aliphatic carbocycles. The Hall–Kier alpha value is -0.740. The van der Waals surface area contributed by atoms with Gasteiger partial charge in [0.2, 0.25) is 0 Å². The van der Waals surface area contributed by atoms with Crippen molar-refractivity contribution in [2.75, 3.05) is 19.1 Å². The molecule has 0 spiro atoms. The maximum absolute atomic E-state index is 13.4. The quantitative estimate of drug-likeness (QED) is 0.830. The topological polar surface area (TPSA) is 21.3 Å². The van der Waals surface area contributed by atoms with E-state index in [9.17, 15) is 4.39 Å². The summed E-state index contributed by atoms with van der Waals surface area (Å²) in [5, 5.41) is 3.34. The van der Waals surface area contributed by atoms with E-state index in [1.165, 1.54) is 13.2 Å². The Labute approximate surface area is 101 Å². The minimum atomic E-state index is -0.306. The molecule has 90 valence electrons. The van der Waals surface area contributed by atoms with Gasteiger partial charge in [-0.3, -0.25) is 0 Å². The highest BCUT2D eigenvalue weighted by atomic mass is 32.2. The first kappa shape index (κ1) is 13.3. The van der Waals surface area contributed by atoms with Gasteiger partial charge in [-0.15, -0.1) is 0 Å². The number of methoxy groups -OCH3 is 1. The molecule has 4 heteroatoms. The highest BCUT2D eigenvalue weighted by Crippen LogP contribution is 2.17. The van der Waals surface area contributed by atoms with Gasteiger partial charge in [-0.05, 0) is 30.9 Å². The second-order valence-electron chi connectivity index (χ2n) is 3.71. The molecule has 1 atom stereocenters. The van der Waals surface area contributed by atoms with Crippen molar-refractivity contribution < 1.29 is 9.13 Å². The third kappa shape index (κ3) is 4.02. The van der Waals surface area contributed by atoms with Gasteiger partial charge in [0.15, 0.2) is 11.6 Å². The molecule has 0 saturated carbocycles. The van der Waals surface area contributed by atoms with Crippen molar-refractivity contribution in [2.45, 2.75) is 19.5 Å². The average Bonchev–Trinajstić information content (AvgIpc) is 2.27. The number of rotatable bonds is 6. The molecule has 0 aliphatic rings. The van der Waals surface area contributed by atoms with Gasteiger partial charge in [0.1, 0.15) is 0 Å². The van der Waals surface area contributed by atoms with Crippen molar-refractivity contribution in [2.24, 2.45) is 0 Å². The van der Waals surface area contributed by atoms with Crippen molar-refractivity contribution in [3.63, 3.8) is 0 Å². The first-order valence-electron chi connectivity index (χ1n) is 5.22. The molecule has 0 fully saturated rings. The van der Waals surface area contributed by atoms with Gasteiger partial charge in [0.25, 0.3) is 0 Å². The molecule has 0 saturated heterocycles. The first-order valence-corrected chi connectivity index (χ1v) is 6.61. The van der Waals surface area contributed by atoms with Crippen LogP contribution in [0.4, 0.5) is 4.39 Å². The zero-order valence-corrected chi connectivity index (χ0v) is 10.7. The molecule has 1 aromatic carbocycles. The summed E-state index contributed by atoms with van der Waals surface area (Å²) in [5.74, 6) is 1.04. The Morgan fingerprint density at radius 1 is 1.50 bits per heavy atom. The van der Waals surface area contributed by atoms with Gasteiger partial charge in [-0.25, -0.2) is 4.39 Å². The van der Waals surface area contributed by atoms with Gasteiger partial charge < -0.3 is 10.1 Å². The number of thioether (sulfide) groups is 1. The number of hydrogen-bond acceptors (Lipinski definition) is 3. The molecule has 1 aromatic rings. The molecule has 0 heterocycles. The lowest BCUT2D eigenvalue weighted by atomic mass is 10.2. The molecule has 0 amide bonds. The van der Waals surface area contributed by atoms with E-state index in [-0.39, 0.29) is 5.82 Å². The smallest absolute Gasteiger partial charge is 0.165 e. The molecule has 16 heavy (non-hydrogen) atoms. The van der Waals surface area contributed by atoms with Gasteiger partial charge in [0, 0.05) is 18.3 Å². The van der Waals surface area contributed by atoms with Crippen LogP contribution in [0.15, 0.2) is 18.2 Å². The lowest BCUT2D eigenvalue weighted by Crippen LogP contribution is -2.27. The fourth-order valence-corrected chi connectivity index (χ4v) is 2.04. The van der Waals surface area contributed by atoms with Crippen LogP contribution < -0.4 is 10.1 Å². The largest absolute Gasteiger partial charge is 0.494 e. The average molecular weight is 243 g/mol. The molecule has 1 N–H and O–H groups in total. The summed E-state index contributed by atoms with van der Waals surface area (Å²) in [7, 11) is 1.47. The lowest BCUT2D eigenvalue weighted by molar-refractivity contribution is 0.386. The third-order valence-electron chi connectivity index (χ3n) is 2.29. The summed E-state index contributed by atoms with van der Waals surface area (Å²) in [6, 6.07) is 5.48. The molecule has 0 aromatic heterocycles. The van der Waals surface area contributed by atoms with E-state index in [4.69, 9.17) is 4.74 Å². The van der Waals surface area contributed by atoms with E-state index in [0.717, 1.165) is 11.3 Å². The van der Waals surface area contributed by atoms with Crippen LogP contribution in [0.25, 0.3) is 0 Å². The minimum Gasteiger partial charge on any atom is -0.494 e. The summed E-state index contributed by atoms with van der Waals surface area (Å²) < 4.78 is 18.2. The van der Waals surface area contributed by atoms with E-state index in [0.29, 0.717) is 18.3 Å². The van der Waals surface area contributed by atoms with Gasteiger partial charge in [0.05, 0.1) is 7.11 Å². The summed E-state index contributed by atoms with van der Waals surface area (Å²) >= 11 is 1.80. The van der Waals surface area contributed by atoms with Crippen LogP contribution in [0.5, 0.6) is 5.75 Å².